The minimum atomic E-state index is -0.880. The van der Waals surface area contributed by atoms with Crippen molar-refractivity contribution < 1.29 is 24.2 Å². The first kappa shape index (κ1) is 23.7. The van der Waals surface area contributed by atoms with Crippen LogP contribution in [0.5, 0.6) is 11.5 Å². The summed E-state index contributed by atoms with van der Waals surface area (Å²) >= 11 is 0. The molecule has 0 spiro atoms. The van der Waals surface area contributed by atoms with Crippen LogP contribution in [0, 0.1) is 10.3 Å². The van der Waals surface area contributed by atoms with Crippen LogP contribution in [0.2, 0.25) is 0 Å². The quantitative estimate of drug-likeness (QED) is 0.188. The highest BCUT2D eigenvalue weighted by Crippen LogP contribution is 2.51. The number of rotatable bonds is 9. The topological polar surface area (TPSA) is 119 Å². The molecule has 0 saturated carbocycles. The number of ether oxygens (including phenoxy) is 3. The maximum atomic E-state index is 13.0. The third-order valence-corrected chi connectivity index (χ3v) is 5.47. The van der Waals surface area contributed by atoms with E-state index in [9.17, 15) is 14.9 Å². The normalized spacial score (nSPS) is 12.0. The number of methoxy groups -OCH3 is 2. The van der Waals surface area contributed by atoms with E-state index in [0.29, 0.717) is 27.6 Å². The fraction of sp³-hybridized carbons (Fsp3) is 0.250. The number of nitroso groups, excluding NO2 is 1. The Kier molecular flexibility index (Phi) is 6.93. The van der Waals surface area contributed by atoms with E-state index >= 15 is 0 Å². The molecule has 3 rings (SSSR count). The molecule has 33 heavy (non-hydrogen) atoms. The Labute approximate surface area is 190 Å². The number of hydrogen-bond donors (Lipinski definition) is 2. The number of carbonyl (C=O) groups excluding carboxylic acids is 1. The summed E-state index contributed by atoms with van der Waals surface area (Å²) in [6.45, 7) is 7.60. The van der Waals surface area contributed by atoms with Gasteiger partial charge in [-0.3, -0.25) is 15.7 Å². The van der Waals surface area contributed by atoms with Gasteiger partial charge in [-0.25, -0.2) is 4.79 Å². The summed E-state index contributed by atoms with van der Waals surface area (Å²) < 4.78 is 17.2. The number of esters is 1. The lowest BCUT2D eigenvalue weighted by Crippen LogP contribution is -2.26. The number of carbonyl (C=O) groups is 1. The van der Waals surface area contributed by atoms with Gasteiger partial charge in [0, 0.05) is 23.4 Å². The lowest BCUT2D eigenvalue weighted by molar-refractivity contribution is 0.00278. The van der Waals surface area contributed by atoms with Crippen LogP contribution in [0.15, 0.2) is 60.6 Å². The Bertz CT molecular complexity index is 1190. The van der Waals surface area contributed by atoms with E-state index < -0.39 is 17.5 Å². The van der Waals surface area contributed by atoms with Crippen LogP contribution in [-0.4, -0.2) is 30.4 Å². The highest BCUT2D eigenvalue weighted by Gasteiger charge is 2.36. The van der Waals surface area contributed by atoms with Crippen LogP contribution in [0.4, 0.5) is 11.4 Å². The monoisotopic (exact) mass is 451 g/mol. The standard InChI is InChI=1S/C24H25N3O6/c1-6-24(2,3)22(33-23(28)14-9-11-25-12-10-14)15-13-18(31-4)19-16(26-29)7-8-17(27-30)20(19)21(15)32-5/h6-13,22,26,29H,1H2,2-5H3. The first-order valence-corrected chi connectivity index (χ1v) is 10.0. The van der Waals surface area contributed by atoms with Gasteiger partial charge in [-0.1, -0.05) is 19.9 Å². The van der Waals surface area contributed by atoms with E-state index in [1.165, 1.54) is 38.7 Å². The molecule has 0 fully saturated rings. The lowest BCUT2D eigenvalue weighted by atomic mass is 9.81. The molecule has 2 N–H and O–H groups in total. The van der Waals surface area contributed by atoms with E-state index in [4.69, 9.17) is 14.2 Å². The number of benzene rings is 2. The first-order chi connectivity index (χ1) is 15.8. The molecule has 172 valence electrons. The number of fused-ring (bicyclic) bond motifs is 1. The van der Waals surface area contributed by atoms with Crippen molar-refractivity contribution in [2.75, 3.05) is 19.7 Å². The van der Waals surface area contributed by atoms with Gasteiger partial charge < -0.3 is 14.2 Å². The maximum absolute atomic E-state index is 13.0. The van der Waals surface area contributed by atoms with Gasteiger partial charge in [0.05, 0.1) is 36.2 Å². The molecule has 0 aliphatic carbocycles. The smallest absolute Gasteiger partial charge is 0.338 e. The van der Waals surface area contributed by atoms with Gasteiger partial charge in [0.15, 0.2) is 0 Å². The summed E-state index contributed by atoms with van der Waals surface area (Å²) in [7, 11) is 2.88. The lowest BCUT2D eigenvalue weighted by Gasteiger charge is -2.33. The van der Waals surface area contributed by atoms with Crippen molar-refractivity contribution in [2.45, 2.75) is 20.0 Å². The largest absolute Gasteiger partial charge is 0.496 e. The third kappa shape index (κ3) is 4.35. The van der Waals surface area contributed by atoms with E-state index in [1.54, 1.807) is 24.3 Å². The highest BCUT2D eigenvalue weighted by molar-refractivity contribution is 6.08. The van der Waals surface area contributed by atoms with E-state index in [2.05, 4.69) is 22.2 Å². The molecule has 9 heteroatoms. The molecule has 0 aliphatic rings. The molecule has 0 radical (unpaired) electrons. The van der Waals surface area contributed by atoms with Crippen LogP contribution in [0.3, 0.4) is 0 Å². The van der Waals surface area contributed by atoms with Crippen LogP contribution in [-0.2, 0) is 4.74 Å². The summed E-state index contributed by atoms with van der Waals surface area (Å²) in [5.74, 6) is -0.00872. The minimum absolute atomic E-state index is 0.0663. The van der Waals surface area contributed by atoms with Gasteiger partial charge in [-0.2, -0.15) is 0 Å². The number of hydrogen-bond acceptors (Lipinski definition) is 9. The van der Waals surface area contributed by atoms with Gasteiger partial charge in [0.1, 0.15) is 23.3 Å². The predicted molar refractivity (Wildman–Crippen MR) is 124 cm³/mol. The van der Waals surface area contributed by atoms with Crippen molar-refractivity contribution in [2.24, 2.45) is 10.6 Å². The molecule has 0 aliphatic heterocycles. The van der Waals surface area contributed by atoms with Crippen LogP contribution in [0.25, 0.3) is 10.8 Å². The molecule has 0 bridgehead atoms. The predicted octanol–water partition coefficient (Wildman–Crippen LogP) is 5.56. The average Bonchev–Trinajstić information content (AvgIpc) is 2.85. The number of pyridine rings is 1. The maximum Gasteiger partial charge on any atom is 0.338 e. The van der Waals surface area contributed by atoms with Crippen molar-refractivity contribution in [3.63, 3.8) is 0 Å². The molecule has 2 aromatic carbocycles. The Morgan fingerprint density at radius 1 is 1.18 bits per heavy atom. The van der Waals surface area contributed by atoms with Crippen LogP contribution < -0.4 is 15.0 Å². The molecular formula is C24H25N3O6. The third-order valence-electron chi connectivity index (χ3n) is 5.47. The SMILES string of the molecule is C=CC(C)(C)C(OC(=O)c1ccncc1)c1cc(OC)c2c(NO)ccc(N=O)c2c1OC. The first-order valence-electron chi connectivity index (χ1n) is 10.0. The van der Waals surface area contributed by atoms with Crippen molar-refractivity contribution in [1.82, 2.24) is 4.98 Å². The van der Waals surface area contributed by atoms with Crippen molar-refractivity contribution in [1.29, 1.82) is 0 Å². The van der Waals surface area contributed by atoms with Crippen molar-refractivity contribution in [3.8, 4) is 11.5 Å². The van der Waals surface area contributed by atoms with E-state index in [0.717, 1.165) is 0 Å². The Balaban J connectivity index is 2.34. The number of nitrogens with zero attached hydrogens (tertiary/aromatic N) is 2. The summed E-state index contributed by atoms with van der Waals surface area (Å²) in [5.41, 5.74) is 2.46. The van der Waals surface area contributed by atoms with Crippen LogP contribution >= 0.6 is 0 Å². The molecule has 9 nitrogen and oxygen atoms in total. The Hall–Kier alpha value is -3.98. The minimum Gasteiger partial charge on any atom is -0.496 e. The number of anilines is 1. The second-order valence-electron chi connectivity index (χ2n) is 7.83. The zero-order valence-electron chi connectivity index (χ0n) is 18.8. The summed E-state index contributed by atoms with van der Waals surface area (Å²) in [6, 6.07) is 7.68. The second kappa shape index (κ2) is 9.66. The molecular weight excluding hydrogens is 426 g/mol. The van der Waals surface area contributed by atoms with Crippen LogP contribution in [0.1, 0.15) is 35.9 Å². The second-order valence-corrected chi connectivity index (χ2v) is 7.83. The molecule has 0 amide bonds. The summed E-state index contributed by atoms with van der Waals surface area (Å²) in [6.07, 6.45) is 3.78. The molecule has 1 unspecified atom stereocenters. The van der Waals surface area contributed by atoms with E-state index in [-0.39, 0.29) is 17.1 Å². The summed E-state index contributed by atoms with van der Waals surface area (Å²) in [5, 5.41) is 13.4. The van der Waals surface area contributed by atoms with Gasteiger partial charge in [-0.05, 0) is 35.5 Å². The molecule has 1 heterocycles. The molecule has 0 saturated heterocycles. The Morgan fingerprint density at radius 2 is 1.88 bits per heavy atom. The zero-order chi connectivity index (χ0) is 24.2. The zero-order valence-corrected chi connectivity index (χ0v) is 18.8. The summed E-state index contributed by atoms with van der Waals surface area (Å²) in [4.78, 5) is 28.5. The van der Waals surface area contributed by atoms with Crippen molar-refractivity contribution >= 4 is 28.1 Å². The molecule has 3 aromatic rings. The molecule has 1 aromatic heterocycles. The van der Waals surface area contributed by atoms with Gasteiger partial charge in [-0.15, -0.1) is 11.5 Å². The highest BCUT2D eigenvalue weighted by atomic mass is 16.5. The number of nitrogens with one attached hydrogen (secondary N) is 1. The van der Waals surface area contributed by atoms with Gasteiger partial charge in [0.25, 0.3) is 0 Å². The Morgan fingerprint density at radius 3 is 2.42 bits per heavy atom. The average molecular weight is 451 g/mol. The fourth-order valence-corrected chi connectivity index (χ4v) is 3.63. The number of aromatic nitrogens is 1. The van der Waals surface area contributed by atoms with Gasteiger partial charge >= 0.3 is 5.97 Å². The molecule has 1 atom stereocenters. The van der Waals surface area contributed by atoms with E-state index in [1.807, 2.05) is 13.8 Å². The fourth-order valence-electron chi connectivity index (χ4n) is 3.63. The van der Waals surface area contributed by atoms with Gasteiger partial charge in [0.2, 0.25) is 0 Å². The van der Waals surface area contributed by atoms with Crippen molar-refractivity contribution in [3.05, 3.63) is 71.4 Å².